The Bertz CT molecular complexity index is 932. The lowest BCUT2D eigenvalue weighted by Crippen LogP contribution is -2.25. The topological polar surface area (TPSA) is 55.1 Å². The van der Waals surface area contributed by atoms with Crippen LogP contribution in [0.1, 0.15) is 11.4 Å². The van der Waals surface area contributed by atoms with E-state index in [2.05, 4.69) is 20.9 Å². The number of rotatable bonds is 4. The van der Waals surface area contributed by atoms with Crippen molar-refractivity contribution < 1.29 is 5.11 Å². The van der Waals surface area contributed by atoms with E-state index in [1.54, 1.807) is 12.1 Å². The molecule has 3 rings (SSSR count). The summed E-state index contributed by atoms with van der Waals surface area (Å²) in [7, 11) is 0. The van der Waals surface area contributed by atoms with Crippen LogP contribution in [0.4, 0.5) is 0 Å². The van der Waals surface area contributed by atoms with Crippen LogP contribution in [0.2, 0.25) is 0 Å². The highest BCUT2D eigenvalue weighted by Crippen LogP contribution is 2.15. The molecule has 1 heterocycles. The number of nitrogens with zero attached hydrogens (tertiary/aromatic N) is 2. The first-order chi connectivity index (χ1) is 11.2. The van der Waals surface area contributed by atoms with E-state index in [4.69, 9.17) is 0 Å². The molecule has 0 fully saturated rings. The van der Waals surface area contributed by atoms with Crippen molar-refractivity contribution in [3.05, 3.63) is 74.7 Å². The number of halogens is 1. The minimum absolute atomic E-state index is 0.113. The van der Waals surface area contributed by atoms with Crippen LogP contribution in [0.3, 0.4) is 0 Å². The van der Waals surface area contributed by atoms with Crippen LogP contribution in [0, 0.1) is 0 Å². The SMILES string of the molecule is O=c1c2ccccc2nc(/C=C/c2cccc(Br)c2)n1CCO. The van der Waals surface area contributed by atoms with Gasteiger partial charge in [-0.1, -0.05) is 46.3 Å². The normalized spacial score (nSPS) is 11.4. The molecule has 3 aromatic rings. The fraction of sp³-hybridized carbons (Fsp3) is 0.111. The predicted octanol–water partition coefficient (Wildman–Crippen LogP) is 3.32. The van der Waals surface area contributed by atoms with Gasteiger partial charge in [0.2, 0.25) is 0 Å². The lowest BCUT2D eigenvalue weighted by Gasteiger charge is -2.09. The molecule has 0 aliphatic carbocycles. The average molecular weight is 371 g/mol. The summed E-state index contributed by atoms with van der Waals surface area (Å²) in [5.41, 5.74) is 1.51. The van der Waals surface area contributed by atoms with E-state index in [1.807, 2.05) is 48.5 Å². The van der Waals surface area contributed by atoms with Crippen LogP contribution >= 0.6 is 15.9 Å². The maximum absolute atomic E-state index is 12.6. The van der Waals surface area contributed by atoms with Crippen LogP contribution in [0.5, 0.6) is 0 Å². The molecule has 0 bridgehead atoms. The molecule has 5 heteroatoms. The van der Waals surface area contributed by atoms with Gasteiger partial charge >= 0.3 is 0 Å². The van der Waals surface area contributed by atoms with Crippen molar-refractivity contribution in [3.8, 4) is 0 Å². The van der Waals surface area contributed by atoms with Crippen molar-refractivity contribution in [2.45, 2.75) is 6.54 Å². The average Bonchev–Trinajstić information content (AvgIpc) is 2.56. The Hall–Kier alpha value is -2.24. The second kappa shape index (κ2) is 6.89. The monoisotopic (exact) mass is 370 g/mol. The van der Waals surface area contributed by atoms with Gasteiger partial charge in [0.15, 0.2) is 0 Å². The lowest BCUT2D eigenvalue weighted by molar-refractivity contribution is 0.273. The third-order valence-corrected chi connectivity index (χ3v) is 3.98. The van der Waals surface area contributed by atoms with Crippen LogP contribution < -0.4 is 5.56 Å². The summed E-state index contributed by atoms with van der Waals surface area (Å²) in [6.45, 7) is 0.104. The van der Waals surface area contributed by atoms with Gasteiger partial charge in [0.1, 0.15) is 5.82 Å². The molecule has 0 amide bonds. The molecule has 0 unspecified atom stereocenters. The van der Waals surface area contributed by atoms with Gasteiger partial charge in [0.25, 0.3) is 5.56 Å². The minimum Gasteiger partial charge on any atom is -0.395 e. The molecule has 1 N–H and O–H groups in total. The number of hydrogen-bond donors (Lipinski definition) is 1. The molecule has 0 saturated heterocycles. The second-order valence-electron chi connectivity index (χ2n) is 5.06. The van der Waals surface area contributed by atoms with Gasteiger partial charge in [0.05, 0.1) is 24.1 Å². The van der Waals surface area contributed by atoms with Gasteiger partial charge in [0, 0.05) is 4.47 Å². The number of aromatic nitrogens is 2. The van der Waals surface area contributed by atoms with Crippen LogP contribution in [0.25, 0.3) is 23.1 Å². The number of hydrogen-bond acceptors (Lipinski definition) is 3. The molecule has 1 aromatic heterocycles. The molecule has 0 atom stereocenters. The first-order valence-corrected chi connectivity index (χ1v) is 8.02. The third-order valence-electron chi connectivity index (χ3n) is 3.49. The number of para-hydroxylation sites is 1. The summed E-state index contributed by atoms with van der Waals surface area (Å²) in [6.07, 6.45) is 3.69. The first-order valence-electron chi connectivity index (χ1n) is 7.23. The summed E-state index contributed by atoms with van der Waals surface area (Å²) < 4.78 is 2.48. The lowest BCUT2D eigenvalue weighted by atomic mass is 10.2. The Balaban J connectivity index is 2.12. The Labute approximate surface area is 141 Å². The maximum Gasteiger partial charge on any atom is 0.261 e. The number of fused-ring (bicyclic) bond motifs is 1. The van der Waals surface area contributed by atoms with E-state index in [9.17, 15) is 9.90 Å². The standard InChI is InChI=1S/C18H15BrN2O2/c19-14-5-3-4-13(12-14)8-9-17-20-16-7-2-1-6-15(16)18(23)21(17)10-11-22/h1-9,12,22H,10-11H2/b9-8+. The first kappa shape index (κ1) is 15.6. The van der Waals surface area contributed by atoms with Crippen molar-refractivity contribution in [2.75, 3.05) is 6.61 Å². The largest absolute Gasteiger partial charge is 0.395 e. The predicted molar refractivity (Wildman–Crippen MR) is 96.2 cm³/mol. The zero-order valence-corrected chi connectivity index (χ0v) is 13.9. The molecule has 23 heavy (non-hydrogen) atoms. The summed E-state index contributed by atoms with van der Waals surface area (Å²) in [5.74, 6) is 0.530. The molecular weight excluding hydrogens is 356 g/mol. The number of benzene rings is 2. The fourth-order valence-corrected chi connectivity index (χ4v) is 2.83. The Morgan fingerprint density at radius 1 is 1.13 bits per heavy atom. The highest BCUT2D eigenvalue weighted by Gasteiger charge is 2.08. The van der Waals surface area contributed by atoms with E-state index in [0.717, 1.165) is 10.0 Å². The van der Waals surface area contributed by atoms with Crippen LogP contribution in [0.15, 0.2) is 57.8 Å². The summed E-state index contributed by atoms with van der Waals surface area (Å²) >= 11 is 3.43. The van der Waals surface area contributed by atoms with Crippen LogP contribution in [-0.4, -0.2) is 21.3 Å². The summed E-state index contributed by atoms with van der Waals surface area (Å²) in [5, 5.41) is 9.80. The van der Waals surface area contributed by atoms with Crippen molar-refractivity contribution in [2.24, 2.45) is 0 Å². The quantitative estimate of drug-likeness (QED) is 0.766. The van der Waals surface area contributed by atoms with Gasteiger partial charge in [-0.3, -0.25) is 9.36 Å². The molecule has 0 saturated carbocycles. The number of aliphatic hydroxyl groups is 1. The zero-order valence-electron chi connectivity index (χ0n) is 12.3. The van der Waals surface area contributed by atoms with Gasteiger partial charge in [-0.15, -0.1) is 0 Å². The van der Waals surface area contributed by atoms with Gasteiger partial charge in [-0.25, -0.2) is 4.98 Å². The second-order valence-corrected chi connectivity index (χ2v) is 5.97. The Morgan fingerprint density at radius 2 is 1.96 bits per heavy atom. The molecule has 4 nitrogen and oxygen atoms in total. The Morgan fingerprint density at radius 3 is 2.74 bits per heavy atom. The fourth-order valence-electron chi connectivity index (χ4n) is 2.41. The summed E-state index contributed by atoms with van der Waals surface area (Å²) in [6, 6.07) is 15.1. The number of aliphatic hydroxyl groups excluding tert-OH is 1. The van der Waals surface area contributed by atoms with E-state index in [-0.39, 0.29) is 18.7 Å². The minimum atomic E-state index is -0.140. The molecular formula is C18H15BrN2O2. The van der Waals surface area contributed by atoms with Gasteiger partial charge in [-0.2, -0.15) is 0 Å². The maximum atomic E-state index is 12.6. The van der Waals surface area contributed by atoms with Crippen molar-refractivity contribution in [1.82, 2.24) is 9.55 Å². The molecule has 0 aliphatic heterocycles. The van der Waals surface area contributed by atoms with E-state index in [1.165, 1.54) is 4.57 Å². The molecule has 2 aromatic carbocycles. The van der Waals surface area contributed by atoms with Gasteiger partial charge < -0.3 is 5.11 Å². The van der Waals surface area contributed by atoms with Gasteiger partial charge in [-0.05, 0) is 35.9 Å². The zero-order chi connectivity index (χ0) is 16.2. The van der Waals surface area contributed by atoms with E-state index >= 15 is 0 Å². The van der Waals surface area contributed by atoms with Crippen LogP contribution in [-0.2, 0) is 6.54 Å². The highest BCUT2D eigenvalue weighted by molar-refractivity contribution is 9.10. The van der Waals surface area contributed by atoms with Crippen molar-refractivity contribution in [3.63, 3.8) is 0 Å². The molecule has 116 valence electrons. The summed E-state index contributed by atoms with van der Waals surface area (Å²) in [4.78, 5) is 17.1. The van der Waals surface area contributed by atoms with E-state index < -0.39 is 0 Å². The van der Waals surface area contributed by atoms with Crippen molar-refractivity contribution >= 4 is 39.0 Å². The smallest absolute Gasteiger partial charge is 0.261 e. The molecule has 0 radical (unpaired) electrons. The van der Waals surface area contributed by atoms with Crippen molar-refractivity contribution in [1.29, 1.82) is 0 Å². The highest BCUT2D eigenvalue weighted by atomic mass is 79.9. The molecule has 0 spiro atoms. The third kappa shape index (κ3) is 3.41. The molecule has 0 aliphatic rings. The van der Waals surface area contributed by atoms with E-state index in [0.29, 0.717) is 16.7 Å². The Kier molecular flexibility index (Phi) is 4.69.